The smallest absolute Gasteiger partial charge is 0.362 e. The molecule has 174 valence electrons. The fourth-order valence-corrected chi connectivity index (χ4v) is 4.22. The summed E-state index contributed by atoms with van der Waals surface area (Å²) in [7, 11) is 3.87. The maximum atomic E-state index is 13.2. The lowest BCUT2D eigenvalue weighted by atomic mass is 9.91. The number of amides is 1. The van der Waals surface area contributed by atoms with Gasteiger partial charge in [0.15, 0.2) is 0 Å². The van der Waals surface area contributed by atoms with Crippen LogP contribution in [0.5, 0.6) is 0 Å². The van der Waals surface area contributed by atoms with Crippen molar-refractivity contribution in [1.82, 2.24) is 15.3 Å². The minimum atomic E-state index is -4.57. The fraction of sp³-hybridized carbons (Fsp3) is 0.375. The number of anilines is 2. The van der Waals surface area contributed by atoms with E-state index in [-0.39, 0.29) is 17.6 Å². The Kier molecular flexibility index (Phi) is 6.40. The summed E-state index contributed by atoms with van der Waals surface area (Å²) in [6.45, 7) is 0. The van der Waals surface area contributed by atoms with Gasteiger partial charge in [-0.15, -0.1) is 0 Å². The molecule has 3 aromatic rings. The van der Waals surface area contributed by atoms with E-state index in [0.29, 0.717) is 18.8 Å². The summed E-state index contributed by atoms with van der Waals surface area (Å²) in [5, 5.41) is 7.14. The van der Waals surface area contributed by atoms with Crippen molar-refractivity contribution in [3.8, 4) is 0 Å². The highest BCUT2D eigenvalue weighted by atomic mass is 19.4. The summed E-state index contributed by atoms with van der Waals surface area (Å²) >= 11 is 0. The van der Waals surface area contributed by atoms with Gasteiger partial charge in [0.1, 0.15) is 5.82 Å². The van der Waals surface area contributed by atoms with Crippen LogP contribution in [0.25, 0.3) is 10.9 Å². The van der Waals surface area contributed by atoms with Crippen molar-refractivity contribution < 1.29 is 18.0 Å². The summed E-state index contributed by atoms with van der Waals surface area (Å²) in [4.78, 5) is 23.8. The lowest BCUT2D eigenvalue weighted by Gasteiger charge is -2.30. The SMILES string of the molecule is CN(C)c1nc(NC2CCC(NC(=O)c3ccccc3C(F)(F)F)CC2)nc2ccccc12. The molecule has 2 N–H and O–H groups in total. The van der Waals surface area contributed by atoms with Crippen LogP contribution in [0.15, 0.2) is 48.5 Å². The molecule has 0 atom stereocenters. The molecule has 0 aliphatic heterocycles. The summed E-state index contributed by atoms with van der Waals surface area (Å²) in [5.41, 5.74) is -0.406. The maximum absolute atomic E-state index is 13.2. The molecule has 2 aromatic carbocycles. The first-order valence-corrected chi connectivity index (χ1v) is 10.9. The number of alkyl halides is 3. The Hall–Kier alpha value is -3.36. The van der Waals surface area contributed by atoms with Gasteiger partial charge in [-0.2, -0.15) is 18.2 Å². The zero-order valence-electron chi connectivity index (χ0n) is 18.5. The average Bonchev–Trinajstić information content (AvgIpc) is 2.79. The number of carbonyl (C=O) groups excluding carboxylic acids is 1. The Bertz CT molecular complexity index is 1140. The summed E-state index contributed by atoms with van der Waals surface area (Å²) in [6.07, 6.45) is -1.75. The number of nitrogens with one attached hydrogen (secondary N) is 2. The first-order valence-electron chi connectivity index (χ1n) is 10.9. The molecule has 1 amide bonds. The second-order valence-corrected chi connectivity index (χ2v) is 8.49. The minimum absolute atomic E-state index is 0.122. The van der Waals surface area contributed by atoms with Crippen molar-refractivity contribution in [2.24, 2.45) is 0 Å². The van der Waals surface area contributed by atoms with Crippen LogP contribution in [0.1, 0.15) is 41.6 Å². The van der Waals surface area contributed by atoms with Crippen LogP contribution in [-0.2, 0) is 6.18 Å². The van der Waals surface area contributed by atoms with Crippen LogP contribution in [0.3, 0.4) is 0 Å². The van der Waals surface area contributed by atoms with E-state index in [1.54, 1.807) is 0 Å². The topological polar surface area (TPSA) is 70.2 Å². The molecule has 4 rings (SSSR count). The average molecular weight is 458 g/mol. The van der Waals surface area contributed by atoms with E-state index in [1.807, 2.05) is 43.3 Å². The van der Waals surface area contributed by atoms with Gasteiger partial charge in [0, 0.05) is 31.6 Å². The second kappa shape index (κ2) is 9.25. The number of para-hydroxylation sites is 1. The number of nitrogens with zero attached hydrogens (tertiary/aromatic N) is 3. The zero-order chi connectivity index (χ0) is 23.6. The van der Waals surface area contributed by atoms with Crippen LogP contribution in [0, 0.1) is 0 Å². The van der Waals surface area contributed by atoms with Gasteiger partial charge in [0.25, 0.3) is 5.91 Å². The summed E-state index contributed by atoms with van der Waals surface area (Å²) < 4.78 is 39.7. The lowest BCUT2D eigenvalue weighted by Crippen LogP contribution is -2.40. The number of fused-ring (bicyclic) bond motifs is 1. The minimum Gasteiger partial charge on any atom is -0.362 e. The van der Waals surface area contributed by atoms with Crippen LogP contribution >= 0.6 is 0 Å². The number of aromatic nitrogens is 2. The predicted octanol–water partition coefficient (Wildman–Crippen LogP) is 4.87. The van der Waals surface area contributed by atoms with Crippen LogP contribution < -0.4 is 15.5 Å². The van der Waals surface area contributed by atoms with E-state index >= 15 is 0 Å². The van der Waals surface area contributed by atoms with Gasteiger partial charge in [0.05, 0.1) is 16.6 Å². The standard InChI is InChI=1S/C24H26F3N5O/c1-32(2)21-18-8-4-6-10-20(18)30-23(31-21)29-16-13-11-15(12-14-16)28-22(33)17-7-3-5-9-19(17)24(25,26)27/h3-10,15-16H,11-14H2,1-2H3,(H,28,33)(H,29,30,31). The molecule has 0 radical (unpaired) electrons. The number of rotatable bonds is 5. The van der Waals surface area contributed by atoms with Gasteiger partial charge in [0.2, 0.25) is 5.95 Å². The van der Waals surface area contributed by atoms with Crippen LogP contribution in [0.4, 0.5) is 24.9 Å². The molecule has 0 bridgehead atoms. The van der Waals surface area contributed by atoms with E-state index in [0.717, 1.165) is 35.6 Å². The van der Waals surface area contributed by atoms with Crippen molar-refractivity contribution in [3.05, 3.63) is 59.7 Å². The molecule has 6 nitrogen and oxygen atoms in total. The third-order valence-electron chi connectivity index (χ3n) is 5.88. The normalized spacial score (nSPS) is 18.7. The van der Waals surface area contributed by atoms with Gasteiger partial charge in [-0.1, -0.05) is 24.3 Å². The van der Waals surface area contributed by atoms with Gasteiger partial charge >= 0.3 is 6.18 Å². The Labute approximate surface area is 190 Å². The quantitative estimate of drug-likeness (QED) is 0.572. The molecule has 1 aromatic heterocycles. The van der Waals surface area contributed by atoms with Gasteiger partial charge in [-0.3, -0.25) is 4.79 Å². The number of hydrogen-bond donors (Lipinski definition) is 2. The number of benzene rings is 2. The Morgan fingerprint density at radius 1 is 0.939 bits per heavy atom. The largest absolute Gasteiger partial charge is 0.417 e. The van der Waals surface area contributed by atoms with E-state index in [9.17, 15) is 18.0 Å². The molecule has 9 heteroatoms. The first kappa shape index (κ1) is 22.8. The van der Waals surface area contributed by atoms with E-state index in [2.05, 4.69) is 20.6 Å². The van der Waals surface area contributed by atoms with Crippen molar-refractivity contribution in [1.29, 1.82) is 0 Å². The molecule has 1 aliphatic rings. The van der Waals surface area contributed by atoms with Crippen molar-refractivity contribution >= 4 is 28.6 Å². The van der Waals surface area contributed by atoms with Crippen molar-refractivity contribution in [2.75, 3.05) is 24.3 Å². The van der Waals surface area contributed by atoms with Crippen LogP contribution in [0.2, 0.25) is 0 Å². The Morgan fingerprint density at radius 2 is 1.58 bits per heavy atom. The number of hydrogen-bond acceptors (Lipinski definition) is 5. The highest BCUT2D eigenvalue weighted by Gasteiger charge is 2.35. The van der Waals surface area contributed by atoms with E-state index in [4.69, 9.17) is 0 Å². The molecule has 33 heavy (non-hydrogen) atoms. The molecular weight excluding hydrogens is 431 g/mol. The van der Waals surface area contributed by atoms with Crippen molar-refractivity contribution in [2.45, 2.75) is 43.9 Å². The number of halogens is 3. The zero-order valence-corrected chi connectivity index (χ0v) is 18.5. The molecule has 0 unspecified atom stereocenters. The molecule has 0 spiro atoms. The summed E-state index contributed by atoms with van der Waals surface area (Å²) in [5.74, 6) is 0.684. The van der Waals surface area contributed by atoms with Gasteiger partial charge in [-0.25, -0.2) is 4.98 Å². The van der Waals surface area contributed by atoms with Gasteiger partial charge < -0.3 is 15.5 Å². The van der Waals surface area contributed by atoms with Crippen molar-refractivity contribution in [3.63, 3.8) is 0 Å². The first-order chi connectivity index (χ1) is 15.7. The Balaban J connectivity index is 1.39. The third kappa shape index (κ3) is 5.18. The monoisotopic (exact) mass is 457 g/mol. The molecule has 0 saturated heterocycles. The number of carbonyl (C=O) groups is 1. The molecular formula is C24H26F3N5O. The molecule has 1 aliphatic carbocycles. The van der Waals surface area contributed by atoms with Gasteiger partial charge in [-0.05, 0) is 49.9 Å². The second-order valence-electron chi connectivity index (χ2n) is 8.49. The highest BCUT2D eigenvalue weighted by molar-refractivity contribution is 5.96. The van der Waals surface area contributed by atoms with Crippen LogP contribution in [-0.4, -0.2) is 42.1 Å². The molecule has 1 fully saturated rings. The predicted molar refractivity (Wildman–Crippen MR) is 122 cm³/mol. The summed E-state index contributed by atoms with van der Waals surface area (Å²) in [6, 6.07) is 12.6. The molecule has 1 saturated carbocycles. The fourth-order valence-electron chi connectivity index (χ4n) is 4.22. The van der Waals surface area contributed by atoms with E-state index in [1.165, 1.54) is 18.2 Å². The van der Waals surface area contributed by atoms with E-state index < -0.39 is 17.6 Å². The highest BCUT2D eigenvalue weighted by Crippen LogP contribution is 2.32. The Morgan fingerprint density at radius 3 is 2.27 bits per heavy atom. The maximum Gasteiger partial charge on any atom is 0.417 e. The third-order valence-corrected chi connectivity index (χ3v) is 5.88. The lowest BCUT2D eigenvalue weighted by molar-refractivity contribution is -0.137. The molecule has 1 heterocycles.